The van der Waals surface area contributed by atoms with Gasteiger partial charge in [-0.05, 0) is 75.8 Å². The number of nitrogens with zero attached hydrogens (tertiary/aromatic N) is 2. The molecule has 2 fully saturated rings. The number of aryl methyl sites for hydroxylation is 2. The van der Waals surface area contributed by atoms with Crippen molar-refractivity contribution in [3.63, 3.8) is 0 Å². The van der Waals surface area contributed by atoms with Crippen molar-refractivity contribution in [2.45, 2.75) is 77.3 Å². The summed E-state index contributed by atoms with van der Waals surface area (Å²) in [7, 11) is 0. The molecule has 4 rings (SSSR count). The summed E-state index contributed by atoms with van der Waals surface area (Å²) in [6, 6.07) is 13.0. The molecule has 1 N–H and O–H groups in total. The van der Waals surface area contributed by atoms with E-state index in [0.29, 0.717) is 25.2 Å². The molecule has 37 heavy (non-hydrogen) atoms. The number of hydrogen-bond acceptors (Lipinski definition) is 4. The van der Waals surface area contributed by atoms with E-state index < -0.39 is 17.8 Å². The molecule has 8 heteroatoms. The Labute approximate surface area is 218 Å². The Morgan fingerprint density at radius 1 is 1.00 bits per heavy atom. The second-order valence-corrected chi connectivity index (χ2v) is 10.3. The number of hydrogen-bond donors (Lipinski definition) is 1. The molecule has 1 atom stereocenters. The normalized spacial score (nSPS) is 21.6. The molecule has 2 aliphatic rings. The lowest BCUT2D eigenvalue weighted by Crippen LogP contribution is -2.52. The maximum absolute atomic E-state index is 13.2. The van der Waals surface area contributed by atoms with Gasteiger partial charge in [0.1, 0.15) is 6.10 Å². The highest BCUT2D eigenvalue weighted by molar-refractivity contribution is 5.81. The van der Waals surface area contributed by atoms with Gasteiger partial charge in [-0.1, -0.05) is 30.7 Å². The largest absolute Gasteiger partial charge is 0.416 e. The van der Waals surface area contributed by atoms with Crippen molar-refractivity contribution in [3.05, 3.63) is 59.2 Å². The zero-order valence-electron chi connectivity index (χ0n) is 22.0. The molecule has 2 aromatic carbocycles. The number of anilines is 2. The van der Waals surface area contributed by atoms with E-state index in [9.17, 15) is 18.0 Å². The van der Waals surface area contributed by atoms with Crippen LogP contribution in [0.2, 0.25) is 0 Å². The average Bonchev–Trinajstić information content (AvgIpc) is 2.89. The third kappa shape index (κ3) is 6.98. The Morgan fingerprint density at radius 2 is 1.65 bits per heavy atom. The van der Waals surface area contributed by atoms with Crippen molar-refractivity contribution in [1.82, 2.24) is 4.90 Å². The van der Waals surface area contributed by atoms with Gasteiger partial charge < -0.3 is 19.9 Å². The van der Waals surface area contributed by atoms with E-state index in [4.69, 9.17) is 4.74 Å². The van der Waals surface area contributed by atoms with Crippen LogP contribution in [0.25, 0.3) is 0 Å². The lowest BCUT2D eigenvalue weighted by molar-refractivity contribution is -0.149. The number of alkyl halides is 3. The van der Waals surface area contributed by atoms with E-state index in [0.717, 1.165) is 38.8 Å². The summed E-state index contributed by atoms with van der Waals surface area (Å²) < 4.78 is 46.0. The summed E-state index contributed by atoms with van der Waals surface area (Å²) in [5.41, 5.74) is 2.54. The van der Waals surface area contributed by atoms with E-state index in [1.165, 1.54) is 30.3 Å². The van der Waals surface area contributed by atoms with Crippen LogP contribution in [0.1, 0.15) is 55.7 Å². The highest BCUT2D eigenvalue weighted by Crippen LogP contribution is 2.34. The SMILES string of the molecule is CCC(OC1CCC(Nc2ccc(C)c(C(F)(F)F)c2)CC1)C(=O)N1CCN(c2ccc(C)cc2)CC1. The van der Waals surface area contributed by atoms with E-state index in [-0.39, 0.29) is 23.6 Å². The number of amides is 1. The fourth-order valence-electron chi connectivity index (χ4n) is 5.30. The lowest BCUT2D eigenvalue weighted by atomic mass is 9.92. The van der Waals surface area contributed by atoms with Crippen molar-refractivity contribution in [3.8, 4) is 0 Å². The first kappa shape index (κ1) is 27.3. The zero-order valence-corrected chi connectivity index (χ0v) is 22.0. The maximum Gasteiger partial charge on any atom is 0.416 e. The molecular weight excluding hydrogens is 479 g/mol. The lowest BCUT2D eigenvalue weighted by Gasteiger charge is -2.38. The number of ether oxygens (including phenoxy) is 1. The summed E-state index contributed by atoms with van der Waals surface area (Å²) in [5.74, 6) is 0.0608. The predicted octanol–water partition coefficient (Wildman–Crippen LogP) is 6.19. The monoisotopic (exact) mass is 517 g/mol. The van der Waals surface area contributed by atoms with Crippen LogP contribution in [0.3, 0.4) is 0 Å². The van der Waals surface area contributed by atoms with Crippen molar-refractivity contribution < 1.29 is 22.7 Å². The van der Waals surface area contributed by atoms with Crippen LogP contribution in [-0.2, 0) is 15.7 Å². The molecule has 1 unspecified atom stereocenters. The first-order chi connectivity index (χ1) is 17.6. The molecular formula is C29H38F3N3O2. The molecule has 0 radical (unpaired) electrons. The summed E-state index contributed by atoms with van der Waals surface area (Å²) in [4.78, 5) is 17.4. The highest BCUT2D eigenvalue weighted by atomic mass is 19.4. The van der Waals surface area contributed by atoms with Gasteiger partial charge in [0.15, 0.2) is 0 Å². The topological polar surface area (TPSA) is 44.8 Å². The Morgan fingerprint density at radius 3 is 2.24 bits per heavy atom. The average molecular weight is 518 g/mol. The van der Waals surface area contributed by atoms with Crippen LogP contribution >= 0.6 is 0 Å². The Hall–Kier alpha value is -2.74. The van der Waals surface area contributed by atoms with Gasteiger partial charge in [-0.25, -0.2) is 0 Å². The van der Waals surface area contributed by atoms with E-state index in [2.05, 4.69) is 41.4 Å². The van der Waals surface area contributed by atoms with Gasteiger partial charge in [-0.2, -0.15) is 13.2 Å². The summed E-state index contributed by atoms with van der Waals surface area (Å²) >= 11 is 0. The summed E-state index contributed by atoms with van der Waals surface area (Å²) in [6.07, 6.45) is -1.06. The molecule has 202 valence electrons. The second kappa shape index (κ2) is 11.8. The maximum atomic E-state index is 13.2. The van der Waals surface area contributed by atoms with Gasteiger partial charge in [0.2, 0.25) is 0 Å². The Kier molecular flexibility index (Phi) is 8.67. The first-order valence-corrected chi connectivity index (χ1v) is 13.3. The van der Waals surface area contributed by atoms with Gasteiger partial charge >= 0.3 is 6.18 Å². The second-order valence-electron chi connectivity index (χ2n) is 10.3. The zero-order chi connectivity index (χ0) is 26.6. The number of carbonyl (C=O) groups is 1. The molecule has 1 aliphatic heterocycles. The predicted molar refractivity (Wildman–Crippen MR) is 141 cm³/mol. The van der Waals surface area contributed by atoms with Gasteiger partial charge in [0.05, 0.1) is 11.7 Å². The standard InChI is InChI=1S/C29H38F3N3O2/c1-4-27(28(36)35-17-15-34(16-18-35)24-11-5-20(2)6-12-24)37-25-13-9-22(10-14-25)33-23-8-7-21(3)26(19-23)29(30,31)32/h5-8,11-12,19,22,25,27,33H,4,9-10,13-18H2,1-3H3. The quantitative estimate of drug-likeness (QED) is 0.476. The fourth-order valence-corrected chi connectivity index (χ4v) is 5.30. The van der Waals surface area contributed by atoms with E-state index >= 15 is 0 Å². The third-order valence-corrected chi connectivity index (χ3v) is 7.58. The smallest absolute Gasteiger partial charge is 0.382 e. The van der Waals surface area contributed by atoms with Crippen molar-refractivity contribution in [2.75, 3.05) is 36.4 Å². The molecule has 1 heterocycles. The molecule has 1 aliphatic carbocycles. The van der Waals surface area contributed by atoms with Gasteiger partial charge in [0, 0.05) is 43.6 Å². The van der Waals surface area contributed by atoms with Crippen molar-refractivity contribution >= 4 is 17.3 Å². The van der Waals surface area contributed by atoms with Gasteiger partial charge in [-0.15, -0.1) is 0 Å². The summed E-state index contributed by atoms with van der Waals surface area (Å²) in [6.45, 7) is 8.50. The molecule has 0 bridgehead atoms. The molecule has 1 saturated carbocycles. The van der Waals surface area contributed by atoms with Crippen LogP contribution in [0.5, 0.6) is 0 Å². The number of rotatable bonds is 7. The molecule has 1 saturated heterocycles. The third-order valence-electron chi connectivity index (χ3n) is 7.58. The minimum Gasteiger partial charge on any atom is -0.382 e. The minimum absolute atomic E-state index is 0.00967. The van der Waals surface area contributed by atoms with Crippen molar-refractivity contribution in [1.29, 1.82) is 0 Å². The number of nitrogens with one attached hydrogen (secondary N) is 1. The van der Waals surface area contributed by atoms with Crippen LogP contribution < -0.4 is 10.2 Å². The van der Waals surface area contributed by atoms with Crippen LogP contribution in [0.4, 0.5) is 24.5 Å². The van der Waals surface area contributed by atoms with Gasteiger partial charge in [0.25, 0.3) is 5.91 Å². The number of halogens is 3. The highest BCUT2D eigenvalue weighted by Gasteiger charge is 2.33. The molecule has 1 amide bonds. The van der Waals surface area contributed by atoms with E-state index in [1.54, 1.807) is 6.07 Å². The van der Waals surface area contributed by atoms with Crippen molar-refractivity contribution in [2.24, 2.45) is 0 Å². The number of carbonyl (C=O) groups excluding carboxylic acids is 1. The number of benzene rings is 2. The molecule has 5 nitrogen and oxygen atoms in total. The first-order valence-electron chi connectivity index (χ1n) is 13.3. The molecule has 0 aromatic heterocycles. The van der Waals surface area contributed by atoms with Crippen LogP contribution in [-0.4, -0.2) is 55.2 Å². The fraction of sp³-hybridized carbons (Fsp3) is 0.552. The van der Waals surface area contributed by atoms with E-state index in [1.807, 2.05) is 11.8 Å². The Balaban J connectivity index is 1.24. The van der Waals surface area contributed by atoms with Gasteiger partial charge in [-0.3, -0.25) is 4.79 Å². The molecule has 0 spiro atoms. The van der Waals surface area contributed by atoms with Crippen LogP contribution in [0, 0.1) is 13.8 Å². The minimum atomic E-state index is -4.36. The summed E-state index contributed by atoms with van der Waals surface area (Å²) in [5, 5.41) is 3.27. The van der Waals surface area contributed by atoms with Crippen LogP contribution in [0.15, 0.2) is 42.5 Å². The number of piperazine rings is 1. The molecule has 2 aromatic rings. The Bertz CT molecular complexity index is 1040.